The number of aromatic nitrogens is 4. The quantitative estimate of drug-likeness (QED) is 0.597. The highest BCUT2D eigenvalue weighted by atomic mass is 35.5. The van der Waals surface area contributed by atoms with Crippen molar-refractivity contribution in [3.05, 3.63) is 26.1 Å². The number of fused-ring (bicyclic) bond motifs is 1. The van der Waals surface area contributed by atoms with E-state index in [1.807, 2.05) is 0 Å². The minimum absolute atomic E-state index is 0.0275. The molecule has 2 fully saturated rings. The van der Waals surface area contributed by atoms with E-state index >= 15 is 0 Å². The number of aryl methyl sites for hydroxylation is 1. The molecular formula is C19H26ClN5O5S. The van der Waals surface area contributed by atoms with Crippen molar-refractivity contribution in [2.75, 3.05) is 11.5 Å². The number of hydrogen-bond donors (Lipinski definition) is 0. The first-order valence-electron chi connectivity index (χ1n) is 10.4. The third kappa shape index (κ3) is 3.93. The summed E-state index contributed by atoms with van der Waals surface area (Å²) in [6, 6.07) is -0.401. The molecule has 31 heavy (non-hydrogen) atoms. The molecule has 0 radical (unpaired) electrons. The summed E-state index contributed by atoms with van der Waals surface area (Å²) in [4.78, 5) is 44.3. The number of halogens is 1. The molecular weight excluding hydrogens is 446 g/mol. The molecule has 1 aliphatic carbocycles. The minimum atomic E-state index is -3.17. The van der Waals surface area contributed by atoms with Crippen LogP contribution < -0.4 is 11.2 Å². The van der Waals surface area contributed by atoms with Gasteiger partial charge in [0.25, 0.3) is 5.56 Å². The first-order chi connectivity index (χ1) is 14.6. The second-order valence-electron chi connectivity index (χ2n) is 8.49. The van der Waals surface area contributed by atoms with Crippen LogP contribution in [-0.4, -0.2) is 61.5 Å². The van der Waals surface area contributed by atoms with Crippen LogP contribution in [0.15, 0.2) is 9.59 Å². The van der Waals surface area contributed by atoms with Gasteiger partial charge < -0.3 is 4.90 Å². The van der Waals surface area contributed by atoms with Gasteiger partial charge in [-0.2, -0.15) is 4.98 Å². The molecule has 2 aromatic rings. The molecule has 1 aliphatic heterocycles. The zero-order chi connectivity index (χ0) is 22.5. The molecule has 12 heteroatoms. The number of rotatable bonds is 4. The van der Waals surface area contributed by atoms with Crippen LogP contribution in [0.2, 0.25) is 5.28 Å². The van der Waals surface area contributed by atoms with Crippen molar-refractivity contribution in [1.29, 1.82) is 0 Å². The van der Waals surface area contributed by atoms with Crippen molar-refractivity contribution in [3.63, 3.8) is 0 Å². The zero-order valence-corrected chi connectivity index (χ0v) is 19.2. The summed E-state index contributed by atoms with van der Waals surface area (Å²) in [6.45, 7) is -0.240. The Hall–Kier alpha value is -2.14. The van der Waals surface area contributed by atoms with Crippen LogP contribution in [-0.2, 0) is 35.3 Å². The second kappa shape index (κ2) is 8.09. The lowest BCUT2D eigenvalue weighted by molar-refractivity contribution is -0.137. The molecule has 2 aliphatic rings. The van der Waals surface area contributed by atoms with Crippen LogP contribution in [0.4, 0.5) is 0 Å². The fourth-order valence-corrected chi connectivity index (χ4v) is 6.78. The van der Waals surface area contributed by atoms with Crippen molar-refractivity contribution >= 4 is 38.5 Å². The third-order valence-corrected chi connectivity index (χ3v) is 8.49. The Morgan fingerprint density at radius 3 is 2.39 bits per heavy atom. The van der Waals surface area contributed by atoms with Crippen molar-refractivity contribution in [3.8, 4) is 0 Å². The van der Waals surface area contributed by atoms with Gasteiger partial charge in [-0.05, 0) is 30.9 Å². The Morgan fingerprint density at radius 1 is 1.10 bits per heavy atom. The molecule has 170 valence electrons. The number of amides is 1. The molecule has 1 saturated carbocycles. The van der Waals surface area contributed by atoms with Crippen LogP contribution in [0.1, 0.15) is 38.5 Å². The molecule has 10 nitrogen and oxygen atoms in total. The Kier molecular flexibility index (Phi) is 5.76. The van der Waals surface area contributed by atoms with Gasteiger partial charge in [0.15, 0.2) is 21.0 Å². The molecule has 1 atom stereocenters. The van der Waals surface area contributed by atoms with Gasteiger partial charge in [0.1, 0.15) is 6.54 Å². The number of carbonyl (C=O) groups is 1. The van der Waals surface area contributed by atoms with Gasteiger partial charge in [0.05, 0.1) is 11.5 Å². The zero-order valence-electron chi connectivity index (χ0n) is 17.6. The number of imidazole rings is 1. The van der Waals surface area contributed by atoms with Gasteiger partial charge >= 0.3 is 5.69 Å². The van der Waals surface area contributed by atoms with E-state index in [0.717, 1.165) is 36.7 Å². The Bertz CT molecular complexity index is 1260. The standard InChI is InChI=1S/C19H26ClN5O5S/c1-22-16-15(17(27)23(2)19(22)28)24(18(20)21-16)10-14(26)25(12-6-4-3-5-7-12)13-8-9-31(29,30)11-13/h12-13H,3-11H2,1-2H3/t13-/m0/s1. The van der Waals surface area contributed by atoms with Crippen LogP contribution in [0.25, 0.3) is 11.2 Å². The Balaban J connectivity index is 1.74. The monoisotopic (exact) mass is 471 g/mol. The third-order valence-electron chi connectivity index (χ3n) is 6.45. The molecule has 4 rings (SSSR count). The maximum Gasteiger partial charge on any atom is 0.332 e. The maximum absolute atomic E-state index is 13.5. The topological polar surface area (TPSA) is 116 Å². The van der Waals surface area contributed by atoms with Crippen molar-refractivity contribution in [1.82, 2.24) is 23.6 Å². The summed E-state index contributed by atoms with van der Waals surface area (Å²) in [6.07, 6.45) is 5.16. The first-order valence-corrected chi connectivity index (χ1v) is 12.6. The lowest BCUT2D eigenvalue weighted by Crippen LogP contribution is -2.50. The van der Waals surface area contributed by atoms with Crippen molar-refractivity contribution < 1.29 is 13.2 Å². The summed E-state index contributed by atoms with van der Waals surface area (Å²) >= 11 is 6.28. The minimum Gasteiger partial charge on any atom is -0.334 e. The molecule has 0 N–H and O–H groups in total. The molecule has 0 aromatic carbocycles. The van der Waals surface area contributed by atoms with Gasteiger partial charge in [-0.3, -0.25) is 23.3 Å². The Morgan fingerprint density at radius 2 is 1.77 bits per heavy atom. The molecule has 2 aromatic heterocycles. The summed E-state index contributed by atoms with van der Waals surface area (Å²) in [5.74, 6) is -0.249. The van der Waals surface area contributed by atoms with Crippen molar-refractivity contribution in [2.45, 2.75) is 57.2 Å². The van der Waals surface area contributed by atoms with Gasteiger partial charge in [0.2, 0.25) is 11.2 Å². The van der Waals surface area contributed by atoms with Crippen LogP contribution >= 0.6 is 11.6 Å². The highest BCUT2D eigenvalue weighted by Crippen LogP contribution is 2.29. The lowest BCUT2D eigenvalue weighted by atomic mass is 9.93. The van der Waals surface area contributed by atoms with E-state index in [0.29, 0.717) is 6.42 Å². The van der Waals surface area contributed by atoms with E-state index < -0.39 is 21.1 Å². The summed E-state index contributed by atoms with van der Waals surface area (Å²) in [7, 11) is -0.331. The van der Waals surface area contributed by atoms with E-state index in [1.165, 1.54) is 23.2 Å². The van der Waals surface area contributed by atoms with Crippen LogP contribution in [0, 0.1) is 0 Å². The highest BCUT2D eigenvalue weighted by Gasteiger charge is 2.39. The van der Waals surface area contributed by atoms with E-state index in [4.69, 9.17) is 11.6 Å². The molecule has 0 unspecified atom stereocenters. The number of carbonyl (C=O) groups excluding carboxylic acids is 1. The van der Waals surface area contributed by atoms with E-state index in [1.54, 1.807) is 4.90 Å². The lowest BCUT2D eigenvalue weighted by Gasteiger charge is -2.38. The smallest absolute Gasteiger partial charge is 0.332 e. The summed E-state index contributed by atoms with van der Waals surface area (Å²) < 4.78 is 27.7. The SMILES string of the molecule is Cn1c(=O)c2c(nc(Cl)n2CC(=O)N(C2CCCCC2)[C@H]2CCS(=O)(=O)C2)n(C)c1=O. The normalized spacial score (nSPS) is 21.6. The van der Waals surface area contributed by atoms with Crippen LogP contribution in [0.5, 0.6) is 0 Å². The van der Waals surface area contributed by atoms with E-state index in [9.17, 15) is 22.8 Å². The van der Waals surface area contributed by atoms with E-state index in [2.05, 4.69) is 4.98 Å². The molecule has 1 amide bonds. The van der Waals surface area contributed by atoms with Gasteiger partial charge in [-0.15, -0.1) is 0 Å². The summed E-state index contributed by atoms with van der Waals surface area (Å²) in [5.41, 5.74) is -0.938. The number of sulfone groups is 1. The second-order valence-corrected chi connectivity index (χ2v) is 11.1. The Labute approximate surface area is 184 Å². The highest BCUT2D eigenvalue weighted by molar-refractivity contribution is 7.91. The van der Waals surface area contributed by atoms with E-state index in [-0.39, 0.29) is 52.5 Å². The molecule has 0 spiro atoms. The van der Waals surface area contributed by atoms with Gasteiger partial charge in [-0.1, -0.05) is 19.3 Å². The molecule has 1 saturated heterocycles. The average molecular weight is 472 g/mol. The van der Waals surface area contributed by atoms with Gasteiger partial charge in [0, 0.05) is 26.2 Å². The maximum atomic E-state index is 13.5. The largest absolute Gasteiger partial charge is 0.334 e. The predicted molar refractivity (Wildman–Crippen MR) is 116 cm³/mol. The van der Waals surface area contributed by atoms with Crippen molar-refractivity contribution in [2.24, 2.45) is 14.1 Å². The number of hydrogen-bond acceptors (Lipinski definition) is 6. The molecule has 0 bridgehead atoms. The fourth-order valence-electron chi connectivity index (χ4n) is 4.84. The van der Waals surface area contributed by atoms with Crippen LogP contribution in [0.3, 0.4) is 0 Å². The predicted octanol–water partition coefficient (Wildman–Crippen LogP) is 0.436. The average Bonchev–Trinajstić information content (AvgIpc) is 3.25. The number of nitrogens with zero attached hydrogens (tertiary/aromatic N) is 5. The molecule has 3 heterocycles. The fraction of sp³-hybridized carbons (Fsp3) is 0.684. The summed E-state index contributed by atoms with van der Waals surface area (Å²) in [5, 5.41) is -0.0655. The first kappa shape index (κ1) is 22.1. The van der Waals surface area contributed by atoms with Gasteiger partial charge in [-0.25, -0.2) is 13.2 Å².